The molecule has 0 spiro atoms. The minimum absolute atomic E-state index is 0.608. The minimum atomic E-state index is 0.608. The quantitative estimate of drug-likeness (QED) is 0.634. The monoisotopic (exact) mass is 281 g/mol. The molecule has 0 amide bonds. The van der Waals surface area contributed by atoms with Crippen molar-refractivity contribution in [1.82, 2.24) is 4.90 Å². The molecule has 1 aromatic carbocycles. The molecule has 2 unspecified atom stereocenters. The van der Waals surface area contributed by atoms with E-state index in [2.05, 4.69) is 63.2 Å². The van der Waals surface area contributed by atoms with Crippen LogP contribution in [0.15, 0.2) is 30.3 Å². The van der Waals surface area contributed by atoms with Gasteiger partial charge in [-0.25, -0.2) is 0 Å². The SMILES string of the molecule is CC.CC.CC.CCC(C(C)c1ccccc1)N(C)C. The highest BCUT2D eigenvalue weighted by atomic mass is 15.1. The van der Waals surface area contributed by atoms with Gasteiger partial charge in [0.15, 0.2) is 0 Å². The summed E-state index contributed by atoms with van der Waals surface area (Å²) < 4.78 is 0. The van der Waals surface area contributed by atoms with Crippen LogP contribution in [0.4, 0.5) is 0 Å². The Morgan fingerprint density at radius 1 is 0.850 bits per heavy atom. The second-order valence-electron chi connectivity index (χ2n) is 4.14. The van der Waals surface area contributed by atoms with Crippen molar-refractivity contribution in [2.24, 2.45) is 0 Å². The molecule has 1 heteroatoms. The zero-order chi connectivity index (χ0) is 16.6. The average Bonchev–Trinajstić information content (AvgIpc) is 2.54. The van der Waals surface area contributed by atoms with E-state index in [9.17, 15) is 0 Å². The Morgan fingerprint density at radius 2 is 1.25 bits per heavy atom. The molecule has 0 N–H and O–H groups in total. The van der Waals surface area contributed by atoms with Crippen LogP contribution in [-0.2, 0) is 0 Å². The largest absolute Gasteiger partial charge is 0.306 e. The summed E-state index contributed by atoms with van der Waals surface area (Å²) in [6.45, 7) is 16.6. The van der Waals surface area contributed by atoms with Crippen molar-refractivity contribution in [1.29, 1.82) is 0 Å². The van der Waals surface area contributed by atoms with Crippen LogP contribution in [-0.4, -0.2) is 25.0 Å². The fraction of sp³-hybridized carbons (Fsp3) is 0.684. The Bertz CT molecular complexity index is 254. The highest BCUT2D eigenvalue weighted by Crippen LogP contribution is 2.23. The molecule has 20 heavy (non-hydrogen) atoms. The lowest BCUT2D eigenvalue weighted by atomic mass is 9.91. The second-order valence-corrected chi connectivity index (χ2v) is 4.14. The summed E-state index contributed by atoms with van der Waals surface area (Å²) in [5, 5.41) is 0. The van der Waals surface area contributed by atoms with E-state index >= 15 is 0 Å². The molecular formula is C19H39N. The summed E-state index contributed by atoms with van der Waals surface area (Å²) in [5.74, 6) is 0.608. The van der Waals surface area contributed by atoms with Gasteiger partial charge in [-0.15, -0.1) is 0 Å². The van der Waals surface area contributed by atoms with E-state index in [1.807, 2.05) is 41.5 Å². The van der Waals surface area contributed by atoms with Crippen LogP contribution in [0.1, 0.15) is 73.3 Å². The fourth-order valence-electron chi connectivity index (χ4n) is 2.14. The second kappa shape index (κ2) is 18.2. The van der Waals surface area contributed by atoms with Gasteiger partial charge in [0.2, 0.25) is 0 Å². The standard InChI is InChI=1S/C13H21N.3C2H6/c1-5-13(14(3)4)11(2)12-9-7-6-8-10-12;3*1-2/h6-11,13H,5H2,1-4H3;3*1-2H3. The van der Waals surface area contributed by atoms with Crippen molar-refractivity contribution in [2.45, 2.75) is 73.8 Å². The van der Waals surface area contributed by atoms with Gasteiger partial charge in [-0.2, -0.15) is 0 Å². The summed E-state index contributed by atoms with van der Waals surface area (Å²) >= 11 is 0. The van der Waals surface area contributed by atoms with Crippen molar-refractivity contribution >= 4 is 0 Å². The molecule has 0 aliphatic heterocycles. The molecule has 0 radical (unpaired) electrons. The van der Waals surface area contributed by atoms with Crippen LogP contribution in [0, 0.1) is 0 Å². The van der Waals surface area contributed by atoms with Gasteiger partial charge in [-0.05, 0) is 32.0 Å². The number of hydrogen-bond donors (Lipinski definition) is 0. The fourth-order valence-corrected chi connectivity index (χ4v) is 2.14. The summed E-state index contributed by atoms with van der Waals surface area (Å²) in [7, 11) is 4.32. The van der Waals surface area contributed by atoms with E-state index in [0.717, 1.165) is 0 Å². The van der Waals surface area contributed by atoms with Crippen molar-refractivity contribution in [3.8, 4) is 0 Å². The maximum Gasteiger partial charge on any atom is 0.0153 e. The lowest BCUT2D eigenvalue weighted by Gasteiger charge is -2.29. The first kappa shape index (κ1) is 24.2. The third kappa shape index (κ3) is 10.0. The van der Waals surface area contributed by atoms with Crippen molar-refractivity contribution in [2.75, 3.05) is 14.1 Å². The average molecular weight is 282 g/mol. The summed E-state index contributed by atoms with van der Waals surface area (Å²) in [5.41, 5.74) is 1.44. The van der Waals surface area contributed by atoms with Gasteiger partial charge in [0.05, 0.1) is 0 Å². The zero-order valence-electron chi connectivity index (χ0n) is 15.7. The van der Waals surface area contributed by atoms with Gasteiger partial charge in [0.1, 0.15) is 0 Å². The van der Waals surface area contributed by atoms with Crippen molar-refractivity contribution in [3.63, 3.8) is 0 Å². The van der Waals surface area contributed by atoms with Gasteiger partial charge in [-0.1, -0.05) is 85.7 Å². The predicted octanol–water partition coefficient (Wildman–Crippen LogP) is 6.21. The lowest BCUT2D eigenvalue weighted by Crippen LogP contribution is -2.32. The van der Waals surface area contributed by atoms with Gasteiger partial charge >= 0.3 is 0 Å². The Kier molecular flexibility index (Phi) is 22.0. The normalized spacial score (nSPS) is 11.8. The molecule has 0 aliphatic carbocycles. The number of nitrogens with zero attached hydrogens (tertiary/aromatic N) is 1. The number of benzene rings is 1. The first-order valence-corrected chi connectivity index (χ1v) is 8.38. The minimum Gasteiger partial charge on any atom is -0.306 e. The maximum atomic E-state index is 2.32. The molecule has 0 fully saturated rings. The zero-order valence-corrected chi connectivity index (χ0v) is 15.7. The molecule has 2 atom stereocenters. The maximum absolute atomic E-state index is 2.32. The van der Waals surface area contributed by atoms with Crippen molar-refractivity contribution in [3.05, 3.63) is 35.9 Å². The summed E-state index contributed by atoms with van der Waals surface area (Å²) in [6, 6.07) is 11.4. The third-order valence-corrected chi connectivity index (χ3v) is 2.98. The van der Waals surface area contributed by atoms with Gasteiger partial charge in [0.25, 0.3) is 0 Å². The molecule has 0 aromatic heterocycles. The Balaban J connectivity index is -0.000000425. The molecule has 0 heterocycles. The first-order chi connectivity index (χ1) is 9.66. The molecule has 120 valence electrons. The van der Waals surface area contributed by atoms with E-state index in [1.165, 1.54) is 12.0 Å². The molecule has 0 bridgehead atoms. The highest BCUT2D eigenvalue weighted by molar-refractivity contribution is 5.20. The Hall–Kier alpha value is -0.820. The van der Waals surface area contributed by atoms with Crippen LogP contribution in [0.3, 0.4) is 0 Å². The Labute approximate surface area is 129 Å². The molecular weight excluding hydrogens is 242 g/mol. The summed E-state index contributed by atoms with van der Waals surface area (Å²) in [6.07, 6.45) is 1.20. The van der Waals surface area contributed by atoms with E-state index in [-0.39, 0.29) is 0 Å². The topological polar surface area (TPSA) is 3.24 Å². The van der Waals surface area contributed by atoms with Crippen LogP contribution in [0.25, 0.3) is 0 Å². The van der Waals surface area contributed by atoms with E-state index in [1.54, 1.807) is 0 Å². The van der Waals surface area contributed by atoms with Crippen LogP contribution in [0.2, 0.25) is 0 Å². The van der Waals surface area contributed by atoms with Crippen molar-refractivity contribution < 1.29 is 0 Å². The van der Waals surface area contributed by atoms with E-state index in [0.29, 0.717) is 12.0 Å². The molecule has 0 aliphatic rings. The first-order valence-electron chi connectivity index (χ1n) is 8.38. The molecule has 1 aromatic rings. The van der Waals surface area contributed by atoms with Gasteiger partial charge in [-0.3, -0.25) is 0 Å². The van der Waals surface area contributed by atoms with E-state index in [4.69, 9.17) is 0 Å². The van der Waals surface area contributed by atoms with Gasteiger partial charge in [0, 0.05) is 6.04 Å². The molecule has 1 rings (SSSR count). The number of likely N-dealkylation sites (N-methyl/N-ethyl adjacent to an activating group) is 1. The number of hydrogen-bond acceptors (Lipinski definition) is 1. The highest BCUT2D eigenvalue weighted by Gasteiger charge is 2.18. The predicted molar refractivity (Wildman–Crippen MR) is 96.7 cm³/mol. The van der Waals surface area contributed by atoms with E-state index < -0.39 is 0 Å². The molecule has 0 saturated heterocycles. The summed E-state index contributed by atoms with van der Waals surface area (Å²) in [4.78, 5) is 2.32. The Morgan fingerprint density at radius 3 is 1.55 bits per heavy atom. The van der Waals surface area contributed by atoms with Crippen LogP contribution < -0.4 is 0 Å². The van der Waals surface area contributed by atoms with Crippen LogP contribution >= 0.6 is 0 Å². The third-order valence-electron chi connectivity index (χ3n) is 2.98. The smallest absolute Gasteiger partial charge is 0.0153 e. The number of rotatable bonds is 4. The van der Waals surface area contributed by atoms with Gasteiger partial charge < -0.3 is 4.90 Å². The molecule has 0 saturated carbocycles. The molecule has 1 nitrogen and oxygen atoms in total. The van der Waals surface area contributed by atoms with Crippen LogP contribution in [0.5, 0.6) is 0 Å². The lowest BCUT2D eigenvalue weighted by molar-refractivity contribution is 0.253.